The Kier molecular flexibility index (Phi) is 8.16. The minimum absolute atomic E-state index is 0.00479. The molecular formula is C24H20F7N3O2. The van der Waals surface area contributed by atoms with Crippen LogP contribution in [0.3, 0.4) is 0 Å². The van der Waals surface area contributed by atoms with Crippen LogP contribution in [-0.4, -0.2) is 27.8 Å². The normalized spacial score (nSPS) is 12.0. The zero-order chi connectivity index (χ0) is 26.5. The fourth-order valence-corrected chi connectivity index (χ4v) is 3.44. The topological polar surface area (TPSA) is 64.0 Å². The number of pyridine rings is 2. The van der Waals surface area contributed by atoms with Crippen LogP contribution in [-0.2, 0) is 12.8 Å². The van der Waals surface area contributed by atoms with Crippen molar-refractivity contribution in [2.45, 2.75) is 44.5 Å². The molecule has 0 unspecified atom stereocenters. The lowest BCUT2D eigenvalue weighted by Crippen LogP contribution is -2.28. The van der Waals surface area contributed by atoms with E-state index in [1.807, 2.05) is 0 Å². The molecule has 192 valence electrons. The van der Waals surface area contributed by atoms with Gasteiger partial charge in [-0.05, 0) is 67.3 Å². The summed E-state index contributed by atoms with van der Waals surface area (Å²) in [5.41, 5.74) is -0.657. The van der Waals surface area contributed by atoms with Crippen molar-refractivity contribution in [3.8, 4) is 5.69 Å². The standard InChI is InChI=1S/C24H20F7N3O2/c25-16-5-8-20(15(13-16)9-11-24(29,30)31)34-12-2-4-19(22(34)36)21(35)33-18-7-6-17(32-14-18)3-1-10-23(26,27)28/h2,4-8,12-14H,1,3,9-11H2,(H,33,35). The molecular weight excluding hydrogens is 495 g/mol. The number of amides is 1. The fourth-order valence-electron chi connectivity index (χ4n) is 3.44. The van der Waals surface area contributed by atoms with Crippen LogP contribution in [0.2, 0.25) is 0 Å². The number of aromatic nitrogens is 2. The van der Waals surface area contributed by atoms with Gasteiger partial charge in [-0.25, -0.2) is 4.39 Å². The van der Waals surface area contributed by atoms with Crippen molar-refractivity contribution in [1.29, 1.82) is 0 Å². The number of aryl methyl sites for hydroxylation is 2. The molecule has 2 aromatic heterocycles. The molecule has 0 radical (unpaired) electrons. The summed E-state index contributed by atoms with van der Waals surface area (Å²) in [6, 6.07) is 8.48. The van der Waals surface area contributed by atoms with Gasteiger partial charge in [-0.2, -0.15) is 26.3 Å². The molecule has 0 aliphatic carbocycles. The first-order valence-corrected chi connectivity index (χ1v) is 10.7. The van der Waals surface area contributed by atoms with Crippen molar-refractivity contribution in [2.75, 3.05) is 5.32 Å². The number of carbonyl (C=O) groups is 1. The van der Waals surface area contributed by atoms with Gasteiger partial charge in [0, 0.05) is 24.7 Å². The third-order valence-electron chi connectivity index (χ3n) is 5.15. The molecule has 0 fully saturated rings. The first-order chi connectivity index (χ1) is 16.8. The zero-order valence-electron chi connectivity index (χ0n) is 18.6. The van der Waals surface area contributed by atoms with E-state index < -0.39 is 48.9 Å². The Balaban J connectivity index is 1.78. The van der Waals surface area contributed by atoms with Gasteiger partial charge in [0.2, 0.25) is 0 Å². The molecule has 1 aromatic carbocycles. The van der Waals surface area contributed by atoms with Gasteiger partial charge in [-0.15, -0.1) is 0 Å². The molecule has 0 atom stereocenters. The molecule has 0 spiro atoms. The number of alkyl halides is 6. The third kappa shape index (κ3) is 7.65. The molecule has 2 heterocycles. The summed E-state index contributed by atoms with van der Waals surface area (Å²) in [5.74, 6) is -1.60. The van der Waals surface area contributed by atoms with Crippen molar-refractivity contribution >= 4 is 11.6 Å². The number of rotatable bonds is 8. The molecule has 1 N–H and O–H groups in total. The molecule has 5 nitrogen and oxygen atoms in total. The lowest BCUT2D eigenvalue weighted by Gasteiger charge is -2.14. The molecule has 3 aromatic rings. The van der Waals surface area contributed by atoms with E-state index in [2.05, 4.69) is 10.3 Å². The number of nitrogens with zero attached hydrogens (tertiary/aromatic N) is 2. The molecule has 0 aliphatic rings. The second-order valence-electron chi connectivity index (χ2n) is 7.95. The predicted octanol–water partition coefficient (Wildman–Crippen LogP) is 6.00. The van der Waals surface area contributed by atoms with E-state index in [9.17, 15) is 40.3 Å². The Bertz CT molecular complexity index is 1270. The highest BCUT2D eigenvalue weighted by Crippen LogP contribution is 2.25. The maximum atomic E-state index is 13.7. The number of carbonyl (C=O) groups excluding carboxylic acids is 1. The number of anilines is 1. The highest BCUT2D eigenvalue weighted by atomic mass is 19.4. The van der Waals surface area contributed by atoms with Gasteiger partial charge >= 0.3 is 12.4 Å². The maximum absolute atomic E-state index is 13.7. The minimum atomic E-state index is -4.49. The van der Waals surface area contributed by atoms with E-state index >= 15 is 0 Å². The molecule has 3 rings (SSSR count). The third-order valence-corrected chi connectivity index (χ3v) is 5.15. The van der Waals surface area contributed by atoms with Crippen molar-refractivity contribution in [3.63, 3.8) is 0 Å². The monoisotopic (exact) mass is 515 g/mol. The molecule has 0 bridgehead atoms. The van der Waals surface area contributed by atoms with Crippen LogP contribution in [0.4, 0.5) is 36.4 Å². The van der Waals surface area contributed by atoms with E-state index in [0.717, 1.165) is 22.8 Å². The smallest absolute Gasteiger partial charge is 0.320 e. The number of hydrogen-bond acceptors (Lipinski definition) is 3. The second-order valence-corrected chi connectivity index (χ2v) is 7.95. The van der Waals surface area contributed by atoms with E-state index in [1.165, 1.54) is 36.7 Å². The van der Waals surface area contributed by atoms with Crippen LogP contribution in [0.15, 0.2) is 59.7 Å². The molecule has 12 heteroatoms. The number of halogens is 7. The summed E-state index contributed by atoms with van der Waals surface area (Å²) in [6.07, 6.45) is -9.05. The molecule has 0 saturated heterocycles. The van der Waals surface area contributed by atoms with E-state index in [4.69, 9.17) is 0 Å². The Morgan fingerprint density at radius 3 is 2.31 bits per heavy atom. The highest BCUT2D eigenvalue weighted by Gasteiger charge is 2.28. The lowest BCUT2D eigenvalue weighted by atomic mass is 10.1. The molecule has 0 aliphatic heterocycles. The molecule has 36 heavy (non-hydrogen) atoms. The first kappa shape index (κ1) is 26.9. The van der Waals surface area contributed by atoms with E-state index in [-0.39, 0.29) is 35.3 Å². The van der Waals surface area contributed by atoms with Gasteiger partial charge in [0.25, 0.3) is 11.5 Å². The van der Waals surface area contributed by atoms with Gasteiger partial charge in [-0.1, -0.05) is 0 Å². The van der Waals surface area contributed by atoms with Gasteiger partial charge in [0.05, 0.1) is 17.6 Å². The summed E-state index contributed by atoms with van der Waals surface area (Å²) in [4.78, 5) is 29.7. The van der Waals surface area contributed by atoms with Gasteiger partial charge in [0.15, 0.2) is 0 Å². The van der Waals surface area contributed by atoms with Crippen molar-refractivity contribution in [2.24, 2.45) is 0 Å². The zero-order valence-corrected chi connectivity index (χ0v) is 18.6. The lowest BCUT2D eigenvalue weighted by molar-refractivity contribution is -0.135. The second kappa shape index (κ2) is 10.9. The average molecular weight is 515 g/mol. The highest BCUT2D eigenvalue weighted by molar-refractivity contribution is 6.03. The molecule has 1 amide bonds. The predicted molar refractivity (Wildman–Crippen MR) is 118 cm³/mol. The first-order valence-electron chi connectivity index (χ1n) is 10.7. The SMILES string of the molecule is O=C(Nc1ccc(CCCC(F)(F)F)nc1)c1cccn(-c2ccc(F)cc2CCC(F)(F)F)c1=O. The summed E-state index contributed by atoms with van der Waals surface area (Å²) in [6.45, 7) is 0. The number of hydrogen-bond donors (Lipinski definition) is 1. The number of benzene rings is 1. The quantitative estimate of drug-likeness (QED) is 0.374. The van der Waals surface area contributed by atoms with Crippen LogP contribution in [0.1, 0.15) is 40.9 Å². The summed E-state index contributed by atoms with van der Waals surface area (Å²) >= 11 is 0. The fraction of sp³-hybridized carbons (Fsp3) is 0.292. The van der Waals surface area contributed by atoms with Crippen LogP contribution in [0, 0.1) is 5.82 Å². The van der Waals surface area contributed by atoms with E-state index in [1.54, 1.807) is 0 Å². The Hall–Kier alpha value is -3.70. The molecule has 0 saturated carbocycles. The Morgan fingerprint density at radius 1 is 0.944 bits per heavy atom. The van der Waals surface area contributed by atoms with Crippen molar-refractivity contribution < 1.29 is 35.5 Å². The Morgan fingerprint density at radius 2 is 1.67 bits per heavy atom. The van der Waals surface area contributed by atoms with Crippen molar-refractivity contribution in [3.05, 3.63) is 87.9 Å². The van der Waals surface area contributed by atoms with Gasteiger partial charge in [-0.3, -0.25) is 19.1 Å². The average Bonchev–Trinajstić information content (AvgIpc) is 2.78. The van der Waals surface area contributed by atoms with Crippen LogP contribution < -0.4 is 10.9 Å². The van der Waals surface area contributed by atoms with Gasteiger partial charge < -0.3 is 5.32 Å². The summed E-state index contributed by atoms with van der Waals surface area (Å²) < 4.78 is 89.5. The largest absolute Gasteiger partial charge is 0.389 e. The summed E-state index contributed by atoms with van der Waals surface area (Å²) in [7, 11) is 0. The van der Waals surface area contributed by atoms with Crippen LogP contribution in [0.25, 0.3) is 5.69 Å². The minimum Gasteiger partial charge on any atom is -0.320 e. The van der Waals surface area contributed by atoms with Crippen LogP contribution >= 0.6 is 0 Å². The summed E-state index contributed by atoms with van der Waals surface area (Å²) in [5, 5.41) is 2.45. The maximum Gasteiger partial charge on any atom is 0.389 e. The van der Waals surface area contributed by atoms with Gasteiger partial charge in [0.1, 0.15) is 11.4 Å². The van der Waals surface area contributed by atoms with Crippen LogP contribution in [0.5, 0.6) is 0 Å². The van der Waals surface area contributed by atoms with E-state index in [0.29, 0.717) is 5.69 Å². The Labute approximate surface area is 200 Å². The number of nitrogens with one attached hydrogen (secondary N) is 1. The van der Waals surface area contributed by atoms with Crippen molar-refractivity contribution in [1.82, 2.24) is 9.55 Å².